The first-order valence-corrected chi connectivity index (χ1v) is 2.63. The van der Waals surface area contributed by atoms with Crippen LogP contribution in [0.5, 0.6) is 5.75 Å². The highest BCUT2D eigenvalue weighted by Gasteiger charge is 1.92. The lowest BCUT2D eigenvalue weighted by Crippen LogP contribution is -2.06. The molecule has 0 fully saturated rings. The zero-order chi connectivity index (χ0) is 6.69. The van der Waals surface area contributed by atoms with Gasteiger partial charge < -0.3 is 10.5 Å². The molecule has 0 aromatic carbocycles. The first kappa shape index (κ1) is 6.10. The Morgan fingerprint density at radius 1 is 1.89 bits per heavy atom. The number of hydrogen-bond acceptors (Lipinski definition) is 3. The highest BCUT2D eigenvalue weighted by atomic mass is 16.5. The van der Waals surface area contributed by atoms with Crippen molar-refractivity contribution in [1.82, 2.24) is 9.78 Å². The molecule has 1 aromatic rings. The van der Waals surface area contributed by atoms with Crippen LogP contribution in [0, 0.1) is 0 Å². The predicted octanol–water partition coefficient (Wildman–Crippen LogP) is -0.192. The molecule has 0 aliphatic rings. The molecule has 1 rings (SSSR count). The van der Waals surface area contributed by atoms with Gasteiger partial charge >= 0.3 is 0 Å². The van der Waals surface area contributed by atoms with E-state index in [0.29, 0.717) is 6.67 Å². The predicted molar refractivity (Wildman–Crippen MR) is 33.0 cm³/mol. The zero-order valence-electron chi connectivity index (χ0n) is 5.24. The summed E-state index contributed by atoms with van der Waals surface area (Å²) in [6.45, 7) is 0.392. The van der Waals surface area contributed by atoms with Crippen LogP contribution in [-0.4, -0.2) is 16.9 Å². The van der Waals surface area contributed by atoms with Crippen molar-refractivity contribution in [2.75, 3.05) is 7.11 Å². The summed E-state index contributed by atoms with van der Waals surface area (Å²) in [5.74, 6) is 0.737. The fraction of sp³-hybridized carbons (Fsp3) is 0.400. The van der Waals surface area contributed by atoms with E-state index >= 15 is 0 Å². The number of methoxy groups -OCH3 is 1. The van der Waals surface area contributed by atoms with Crippen LogP contribution in [0.4, 0.5) is 0 Å². The molecule has 0 saturated heterocycles. The fourth-order valence-electron chi connectivity index (χ4n) is 0.550. The minimum Gasteiger partial charge on any atom is -0.493 e. The minimum absolute atomic E-state index is 0.392. The lowest BCUT2D eigenvalue weighted by molar-refractivity contribution is 0.414. The molecule has 0 atom stereocenters. The van der Waals surface area contributed by atoms with Gasteiger partial charge in [-0.1, -0.05) is 0 Å². The third-order valence-corrected chi connectivity index (χ3v) is 1.03. The topological polar surface area (TPSA) is 53.1 Å². The second-order valence-corrected chi connectivity index (χ2v) is 1.60. The molecule has 9 heavy (non-hydrogen) atoms. The van der Waals surface area contributed by atoms with Crippen LogP contribution in [0.1, 0.15) is 0 Å². The maximum atomic E-state index is 5.26. The molecular weight excluding hydrogens is 118 g/mol. The van der Waals surface area contributed by atoms with Crippen LogP contribution < -0.4 is 10.5 Å². The van der Waals surface area contributed by atoms with E-state index in [1.165, 1.54) is 0 Å². The molecule has 0 saturated carbocycles. The van der Waals surface area contributed by atoms with Crippen molar-refractivity contribution in [2.24, 2.45) is 5.73 Å². The number of aromatic nitrogens is 2. The summed E-state index contributed by atoms with van der Waals surface area (Å²) in [4.78, 5) is 0. The van der Waals surface area contributed by atoms with E-state index in [1.54, 1.807) is 24.2 Å². The van der Waals surface area contributed by atoms with Crippen molar-refractivity contribution >= 4 is 0 Å². The van der Waals surface area contributed by atoms with Crippen molar-refractivity contribution in [3.63, 3.8) is 0 Å². The summed E-state index contributed by atoms with van der Waals surface area (Å²) < 4.78 is 6.45. The van der Waals surface area contributed by atoms with Gasteiger partial charge in [0.25, 0.3) is 0 Å². The summed E-state index contributed by atoms with van der Waals surface area (Å²) in [6, 6.07) is 0. The Hall–Kier alpha value is -1.03. The Kier molecular flexibility index (Phi) is 1.69. The summed E-state index contributed by atoms with van der Waals surface area (Å²) >= 11 is 0. The normalized spacial score (nSPS) is 9.56. The quantitative estimate of drug-likeness (QED) is 0.599. The zero-order valence-corrected chi connectivity index (χ0v) is 5.24. The number of rotatable bonds is 2. The number of nitrogens with two attached hydrogens (primary N) is 1. The Morgan fingerprint density at radius 2 is 2.67 bits per heavy atom. The van der Waals surface area contributed by atoms with Crippen LogP contribution >= 0.6 is 0 Å². The number of ether oxygens (including phenoxy) is 1. The second-order valence-electron chi connectivity index (χ2n) is 1.60. The van der Waals surface area contributed by atoms with Gasteiger partial charge in [0.2, 0.25) is 0 Å². The molecule has 2 N–H and O–H groups in total. The Labute approximate surface area is 53.2 Å². The van der Waals surface area contributed by atoms with E-state index in [-0.39, 0.29) is 0 Å². The highest BCUT2D eigenvalue weighted by Crippen LogP contribution is 2.04. The van der Waals surface area contributed by atoms with Crippen LogP contribution in [0.3, 0.4) is 0 Å². The van der Waals surface area contributed by atoms with E-state index < -0.39 is 0 Å². The Bertz CT molecular complexity index is 166. The van der Waals surface area contributed by atoms with E-state index in [9.17, 15) is 0 Å². The summed E-state index contributed by atoms with van der Waals surface area (Å²) in [7, 11) is 1.60. The van der Waals surface area contributed by atoms with Gasteiger partial charge in [-0.15, -0.1) is 0 Å². The van der Waals surface area contributed by atoms with Crippen molar-refractivity contribution < 1.29 is 4.74 Å². The van der Waals surface area contributed by atoms with Gasteiger partial charge in [0.1, 0.15) is 0 Å². The SMILES string of the molecule is COc1cnn(CN)c1. The standard InChI is InChI=1S/C5H9N3O/c1-9-5-2-7-8(3-5)4-6/h2-3H,4,6H2,1H3. The Balaban J connectivity index is 2.74. The van der Waals surface area contributed by atoms with Gasteiger partial charge in [-0.2, -0.15) is 5.10 Å². The van der Waals surface area contributed by atoms with Crippen molar-refractivity contribution in [2.45, 2.75) is 6.67 Å². The van der Waals surface area contributed by atoms with E-state index in [1.807, 2.05) is 0 Å². The smallest absolute Gasteiger partial charge is 0.156 e. The third kappa shape index (κ3) is 1.20. The third-order valence-electron chi connectivity index (χ3n) is 1.03. The largest absolute Gasteiger partial charge is 0.493 e. The highest BCUT2D eigenvalue weighted by molar-refractivity contribution is 5.10. The van der Waals surface area contributed by atoms with Crippen molar-refractivity contribution in [3.8, 4) is 5.75 Å². The maximum Gasteiger partial charge on any atom is 0.156 e. The molecule has 0 aliphatic heterocycles. The summed E-state index contributed by atoms with van der Waals surface area (Å²) in [5.41, 5.74) is 5.26. The number of hydrogen-bond donors (Lipinski definition) is 1. The summed E-state index contributed by atoms with van der Waals surface area (Å²) in [6.07, 6.45) is 3.35. The van der Waals surface area contributed by atoms with Gasteiger partial charge in [0, 0.05) is 0 Å². The Morgan fingerprint density at radius 3 is 3.00 bits per heavy atom. The van der Waals surface area contributed by atoms with Crippen LogP contribution in [0.15, 0.2) is 12.4 Å². The van der Waals surface area contributed by atoms with Crippen LogP contribution in [-0.2, 0) is 6.67 Å². The molecule has 0 unspecified atom stereocenters. The molecule has 1 aromatic heterocycles. The van der Waals surface area contributed by atoms with Gasteiger partial charge in [0.05, 0.1) is 26.2 Å². The van der Waals surface area contributed by atoms with Gasteiger partial charge in [-0.25, -0.2) is 0 Å². The molecule has 0 spiro atoms. The molecular formula is C5H9N3O. The molecule has 0 radical (unpaired) electrons. The number of nitrogens with zero attached hydrogens (tertiary/aromatic N) is 2. The fourth-order valence-corrected chi connectivity index (χ4v) is 0.550. The van der Waals surface area contributed by atoms with Crippen LogP contribution in [0.25, 0.3) is 0 Å². The molecule has 4 nitrogen and oxygen atoms in total. The van der Waals surface area contributed by atoms with Crippen molar-refractivity contribution in [1.29, 1.82) is 0 Å². The molecule has 0 bridgehead atoms. The average molecular weight is 127 g/mol. The molecule has 0 aliphatic carbocycles. The lowest BCUT2D eigenvalue weighted by atomic mass is 10.7. The average Bonchev–Trinajstić information content (AvgIpc) is 2.34. The van der Waals surface area contributed by atoms with Crippen molar-refractivity contribution in [3.05, 3.63) is 12.4 Å². The van der Waals surface area contributed by atoms with E-state index in [4.69, 9.17) is 10.5 Å². The molecule has 1 heterocycles. The first-order chi connectivity index (χ1) is 4.36. The van der Waals surface area contributed by atoms with Gasteiger partial charge in [0.15, 0.2) is 5.75 Å². The molecule has 4 heteroatoms. The van der Waals surface area contributed by atoms with Gasteiger partial charge in [-0.3, -0.25) is 4.68 Å². The van der Waals surface area contributed by atoms with Crippen LogP contribution in [0.2, 0.25) is 0 Å². The van der Waals surface area contributed by atoms with E-state index in [0.717, 1.165) is 5.75 Å². The monoisotopic (exact) mass is 127 g/mol. The minimum atomic E-state index is 0.392. The summed E-state index contributed by atoms with van der Waals surface area (Å²) in [5, 5.41) is 3.87. The maximum absolute atomic E-state index is 5.26. The molecule has 0 amide bonds. The van der Waals surface area contributed by atoms with Gasteiger partial charge in [-0.05, 0) is 0 Å². The van der Waals surface area contributed by atoms with E-state index in [2.05, 4.69) is 5.10 Å². The second kappa shape index (κ2) is 2.50. The first-order valence-electron chi connectivity index (χ1n) is 2.63. The lowest BCUT2D eigenvalue weighted by Gasteiger charge is -1.90. The molecule has 50 valence electrons.